The zero-order valence-corrected chi connectivity index (χ0v) is 11.2. The van der Waals surface area contributed by atoms with Gasteiger partial charge in [-0.3, -0.25) is 4.79 Å². The number of hydrogen-bond acceptors (Lipinski definition) is 1. The summed E-state index contributed by atoms with van der Waals surface area (Å²) in [4.78, 5) is 11.5. The molecule has 1 aromatic carbocycles. The van der Waals surface area contributed by atoms with Gasteiger partial charge < -0.3 is 5.11 Å². The Bertz CT molecular complexity index is 493. The minimum absolute atomic E-state index is 0.296. The number of carboxylic acid groups (broad SMARTS) is 1. The van der Waals surface area contributed by atoms with E-state index < -0.39 is 23.1 Å². The van der Waals surface area contributed by atoms with Crippen molar-refractivity contribution < 1.29 is 23.1 Å². The molecule has 110 valence electrons. The maximum Gasteiger partial charge on any atom is 0.416 e. The smallest absolute Gasteiger partial charge is 0.416 e. The van der Waals surface area contributed by atoms with E-state index in [4.69, 9.17) is 0 Å². The van der Waals surface area contributed by atoms with Gasteiger partial charge in [-0.25, -0.2) is 0 Å². The second kappa shape index (κ2) is 5.11. The maximum atomic E-state index is 12.5. The Labute approximate surface area is 115 Å². The molecule has 2 rings (SSSR count). The predicted octanol–water partition coefficient (Wildman–Crippen LogP) is 4.14. The van der Waals surface area contributed by atoms with Crippen LogP contribution in [-0.4, -0.2) is 11.1 Å². The number of carbonyl (C=O) groups is 1. The van der Waals surface area contributed by atoms with Crippen LogP contribution in [-0.2, 0) is 17.4 Å². The highest BCUT2D eigenvalue weighted by atomic mass is 19.4. The minimum Gasteiger partial charge on any atom is -0.481 e. The van der Waals surface area contributed by atoms with Gasteiger partial charge in [0.05, 0.1) is 11.0 Å². The van der Waals surface area contributed by atoms with Gasteiger partial charge in [0.2, 0.25) is 0 Å². The lowest BCUT2D eigenvalue weighted by molar-refractivity contribution is -0.148. The van der Waals surface area contributed by atoms with E-state index in [9.17, 15) is 23.1 Å². The molecule has 1 aliphatic carbocycles. The summed E-state index contributed by atoms with van der Waals surface area (Å²) < 4.78 is 37.5. The van der Waals surface area contributed by atoms with Crippen molar-refractivity contribution in [2.75, 3.05) is 0 Å². The van der Waals surface area contributed by atoms with E-state index >= 15 is 0 Å². The van der Waals surface area contributed by atoms with Gasteiger partial charge in [0.25, 0.3) is 0 Å². The summed E-state index contributed by atoms with van der Waals surface area (Å²) in [5.41, 5.74) is -0.876. The van der Waals surface area contributed by atoms with E-state index in [0.29, 0.717) is 30.7 Å². The molecule has 20 heavy (non-hydrogen) atoms. The number of hydrogen-bond donors (Lipinski definition) is 1. The third kappa shape index (κ3) is 2.97. The summed E-state index contributed by atoms with van der Waals surface area (Å²) >= 11 is 0. The maximum absolute atomic E-state index is 12.5. The number of alkyl halides is 3. The highest BCUT2D eigenvalue weighted by molar-refractivity contribution is 5.75. The van der Waals surface area contributed by atoms with Crippen LogP contribution < -0.4 is 0 Å². The van der Waals surface area contributed by atoms with Crippen LogP contribution in [0.15, 0.2) is 24.3 Å². The number of benzene rings is 1. The Hall–Kier alpha value is -1.52. The lowest BCUT2D eigenvalue weighted by atomic mass is 9.79. The summed E-state index contributed by atoms with van der Waals surface area (Å²) in [6.07, 6.45) is -2.03. The van der Waals surface area contributed by atoms with Crippen molar-refractivity contribution in [2.24, 2.45) is 11.3 Å². The molecule has 0 radical (unpaired) electrons. The van der Waals surface area contributed by atoms with E-state index in [1.807, 2.05) is 6.92 Å². The molecule has 1 fully saturated rings. The van der Waals surface area contributed by atoms with Gasteiger partial charge in [-0.15, -0.1) is 0 Å². The standard InChI is InChI=1S/C15H17F3O2/c1-10-6-7-14(8-10,13(19)20)9-11-2-4-12(5-3-11)15(16,17)18/h2-5,10H,6-9H2,1H3,(H,19,20). The lowest BCUT2D eigenvalue weighted by Gasteiger charge is -2.24. The molecule has 2 nitrogen and oxygen atoms in total. The second-order valence-electron chi connectivity index (χ2n) is 5.80. The quantitative estimate of drug-likeness (QED) is 0.906. The molecule has 0 bridgehead atoms. The summed E-state index contributed by atoms with van der Waals surface area (Å²) in [5.74, 6) is -0.498. The number of rotatable bonds is 3. The molecule has 0 heterocycles. The monoisotopic (exact) mass is 286 g/mol. The lowest BCUT2D eigenvalue weighted by Crippen LogP contribution is -2.30. The highest BCUT2D eigenvalue weighted by Crippen LogP contribution is 2.44. The topological polar surface area (TPSA) is 37.3 Å². The van der Waals surface area contributed by atoms with Crippen LogP contribution in [0.3, 0.4) is 0 Å². The van der Waals surface area contributed by atoms with E-state index in [2.05, 4.69) is 0 Å². The van der Waals surface area contributed by atoms with E-state index in [0.717, 1.165) is 18.6 Å². The number of halogens is 3. The molecule has 0 saturated heterocycles. The second-order valence-corrected chi connectivity index (χ2v) is 5.80. The first-order valence-electron chi connectivity index (χ1n) is 6.62. The highest BCUT2D eigenvalue weighted by Gasteiger charge is 2.44. The molecule has 1 aromatic rings. The zero-order chi connectivity index (χ0) is 15.0. The molecule has 2 atom stereocenters. The predicted molar refractivity (Wildman–Crippen MR) is 68.2 cm³/mol. The van der Waals surface area contributed by atoms with Crippen LogP contribution in [0.1, 0.15) is 37.3 Å². The average Bonchev–Trinajstić information content (AvgIpc) is 2.71. The Morgan fingerprint density at radius 2 is 1.95 bits per heavy atom. The van der Waals surface area contributed by atoms with Crippen molar-refractivity contribution in [1.82, 2.24) is 0 Å². The number of carboxylic acids is 1. The third-order valence-corrected chi connectivity index (χ3v) is 4.13. The van der Waals surface area contributed by atoms with Gasteiger partial charge in [0.1, 0.15) is 0 Å². The Morgan fingerprint density at radius 3 is 2.35 bits per heavy atom. The first-order valence-corrected chi connectivity index (χ1v) is 6.62. The summed E-state index contributed by atoms with van der Waals surface area (Å²) in [7, 11) is 0. The fraction of sp³-hybridized carbons (Fsp3) is 0.533. The molecule has 1 N–H and O–H groups in total. The molecular formula is C15H17F3O2. The summed E-state index contributed by atoms with van der Waals surface area (Å²) in [6.45, 7) is 2.01. The Morgan fingerprint density at radius 1 is 1.35 bits per heavy atom. The normalized spacial score (nSPS) is 26.7. The van der Waals surface area contributed by atoms with Crippen molar-refractivity contribution in [1.29, 1.82) is 0 Å². The molecule has 1 saturated carbocycles. The van der Waals surface area contributed by atoms with Crippen molar-refractivity contribution >= 4 is 5.97 Å². The van der Waals surface area contributed by atoms with Crippen LogP contribution in [0.5, 0.6) is 0 Å². The summed E-state index contributed by atoms with van der Waals surface area (Å²) in [6, 6.07) is 4.81. The van der Waals surface area contributed by atoms with Crippen LogP contribution >= 0.6 is 0 Å². The molecule has 0 aliphatic heterocycles. The fourth-order valence-electron chi connectivity index (χ4n) is 3.03. The van der Waals surface area contributed by atoms with Gasteiger partial charge in [-0.2, -0.15) is 13.2 Å². The Kier molecular flexibility index (Phi) is 3.80. The molecule has 0 amide bonds. The zero-order valence-electron chi connectivity index (χ0n) is 11.2. The first-order chi connectivity index (χ1) is 9.23. The van der Waals surface area contributed by atoms with Gasteiger partial charge in [-0.05, 0) is 49.3 Å². The Balaban J connectivity index is 2.18. The van der Waals surface area contributed by atoms with Crippen molar-refractivity contribution in [3.05, 3.63) is 35.4 Å². The summed E-state index contributed by atoms with van der Waals surface area (Å²) in [5, 5.41) is 9.45. The molecular weight excluding hydrogens is 269 g/mol. The van der Waals surface area contributed by atoms with Crippen molar-refractivity contribution in [2.45, 2.75) is 38.8 Å². The molecule has 5 heteroatoms. The average molecular weight is 286 g/mol. The van der Waals surface area contributed by atoms with Gasteiger partial charge >= 0.3 is 12.1 Å². The van der Waals surface area contributed by atoms with Crippen LogP contribution in [0, 0.1) is 11.3 Å². The SMILES string of the molecule is CC1CCC(Cc2ccc(C(F)(F)F)cc2)(C(=O)O)C1. The number of aliphatic carboxylic acids is 1. The van der Waals surface area contributed by atoms with Gasteiger partial charge in [-0.1, -0.05) is 19.1 Å². The van der Waals surface area contributed by atoms with Crippen LogP contribution in [0.2, 0.25) is 0 Å². The van der Waals surface area contributed by atoms with Crippen LogP contribution in [0.4, 0.5) is 13.2 Å². The third-order valence-electron chi connectivity index (χ3n) is 4.13. The molecule has 1 aliphatic rings. The van der Waals surface area contributed by atoms with E-state index in [-0.39, 0.29) is 0 Å². The molecule has 0 aromatic heterocycles. The minimum atomic E-state index is -4.36. The largest absolute Gasteiger partial charge is 0.481 e. The van der Waals surface area contributed by atoms with Crippen molar-refractivity contribution in [3.8, 4) is 0 Å². The van der Waals surface area contributed by atoms with Crippen LogP contribution in [0.25, 0.3) is 0 Å². The first kappa shape index (κ1) is 14.9. The van der Waals surface area contributed by atoms with Gasteiger partial charge in [0.15, 0.2) is 0 Å². The van der Waals surface area contributed by atoms with Gasteiger partial charge in [0, 0.05) is 0 Å². The fourth-order valence-corrected chi connectivity index (χ4v) is 3.03. The van der Waals surface area contributed by atoms with E-state index in [1.165, 1.54) is 12.1 Å². The molecule has 0 spiro atoms. The van der Waals surface area contributed by atoms with E-state index in [1.54, 1.807) is 0 Å². The van der Waals surface area contributed by atoms with Crippen molar-refractivity contribution in [3.63, 3.8) is 0 Å². The molecule has 2 unspecified atom stereocenters.